The Bertz CT molecular complexity index is 495. The SMILES string of the molecule is CCCOc1ccc(NC(=O)N(CC)CC(C)(C)O)c(C)c1. The minimum Gasteiger partial charge on any atom is -0.494 e. The van der Waals surface area contributed by atoms with Crippen molar-refractivity contribution in [2.24, 2.45) is 0 Å². The Kier molecular flexibility index (Phi) is 6.68. The number of nitrogens with zero attached hydrogens (tertiary/aromatic N) is 1. The van der Waals surface area contributed by atoms with Gasteiger partial charge in [0.2, 0.25) is 0 Å². The van der Waals surface area contributed by atoms with Crippen molar-refractivity contribution >= 4 is 11.7 Å². The summed E-state index contributed by atoms with van der Waals surface area (Å²) in [6.45, 7) is 10.8. The molecular formula is C17H28N2O3. The van der Waals surface area contributed by atoms with Gasteiger partial charge in [0.25, 0.3) is 0 Å². The zero-order chi connectivity index (χ0) is 16.8. The number of benzene rings is 1. The fourth-order valence-electron chi connectivity index (χ4n) is 2.07. The number of ether oxygens (including phenoxy) is 1. The van der Waals surface area contributed by atoms with Gasteiger partial charge in [0.05, 0.1) is 18.8 Å². The van der Waals surface area contributed by atoms with Crippen molar-refractivity contribution in [1.29, 1.82) is 0 Å². The Morgan fingerprint density at radius 2 is 2.05 bits per heavy atom. The first-order valence-electron chi connectivity index (χ1n) is 7.78. The number of amides is 2. The third kappa shape index (κ3) is 5.93. The average Bonchev–Trinajstić information content (AvgIpc) is 2.44. The van der Waals surface area contributed by atoms with Gasteiger partial charge < -0.3 is 20.1 Å². The van der Waals surface area contributed by atoms with Crippen molar-refractivity contribution in [1.82, 2.24) is 4.90 Å². The highest BCUT2D eigenvalue weighted by Crippen LogP contribution is 2.22. The monoisotopic (exact) mass is 308 g/mol. The number of likely N-dealkylation sites (N-methyl/N-ethyl adjacent to an activating group) is 1. The van der Waals surface area contributed by atoms with E-state index < -0.39 is 5.60 Å². The number of hydrogen-bond acceptors (Lipinski definition) is 3. The smallest absolute Gasteiger partial charge is 0.321 e. The van der Waals surface area contributed by atoms with Crippen LogP contribution in [0, 0.1) is 6.92 Å². The molecule has 1 aromatic carbocycles. The number of hydrogen-bond donors (Lipinski definition) is 2. The molecule has 5 heteroatoms. The van der Waals surface area contributed by atoms with E-state index in [4.69, 9.17) is 4.74 Å². The van der Waals surface area contributed by atoms with Crippen molar-refractivity contribution in [2.75, 3.05) is 25.0 Å². The first-order valence-corrected chi connectivity index (χ1v) is 7.78. The largest absolute Gasteiger partial charge is 0.494 e. The molecule has 124 valence electrons. The molecule has 2 N–H and O–H groups in total. The number of nitrogens with one attached hydrogen (secondary N) is 1. The van der Waals surface area contributed by atoms with Crippen LogP contribution in [-0.2, 0) is 0 Å². The van der Waals surface area contributed by atoms with E-state index in [-0.39, 0.29) is 12.6 Å². The van der Waals surface area contributed by atoms with Crippen molar-refractivity contribution in [3.63, 3.8) is 0 Å². The van der Waals surface area contributed by atoms with Crippen LogP contribution in [0.25, 0.3) is 0 Å². The predicted octanol–water partition coefficient (Wildman–Crippen LogP) is 3.41. The lowest BCUT2D eigenvalue weighted by Crippen LogP contribution is -2.44. The van der Waals surface area contributed by atoms with Gasteiger partial charge in [0, 0.05) is 12.2 Å². The standard InChI is InChI=1S/C17H28N2O3/c1-6-10-22-14-8-9-15(13(3)11-14)18-16(20)19(7-2)12-17(4,5)21/h8-9,11,21H,6-7,10,12H2,1-5H3,(H,18,20). The minimum absolute atomic E-state index is 0.213. The average molecular weight is 308 g/mol. The lowest BCUT2D eigenvalue weighted by Gasteiger charge is -2.28. The highest BCUT2D eigenvalue weighted by atomic mass is 16.5. The Hall–Kier alpha value is -1.75. The molecule has 1 rings (SSSR count). The summed E-state index contributed by atoms with van der Waals surface area (Å²) in [5.74, 6) is 0.807. The number of rotatable bonds is 7. The van der Waals surface area contributed by atoms with E-state index >= 15 is 0 Å². The lowest BCUT2D eigenvalue weighted by molar-refractivity contribution is 0.0501. The Balaban J connectivity index is 2.74. The van der Waals surface area contributed by atoms with Crippen LogP contribution in [0.3, 0.4) is 0 Å². The summed E-state index contributed by atoms with van der Waals surface area (Å²) in [4.78, 5) is 13.9. The maximum atomic E-state index is 12.3. The van der Waals surface area contributed by atoms with Gasteiger partial charge in [0.1, 0.15) is 5.75 Å². The Labute approximate surface area is 133 Å². The molecule has 0 unspecified atom stereocenters. The number of carbonyl (C=O) groups excluding carboxylic acids is 1. The van der Waals surface area contributed by atoms with E-state index in [0.717, 1.165) is 23.4 Å². The highest BCUT2D eigenvalue weighted by molar-refractivity contribution is 5.90. The van der Waals surface area contributed by atoms with Gasteiger partial charge in [-0.1, -0.05) is 6.92 Å². The first-order chi connectivity index (χ1) is 10.3. The van der Waals surface area contributed by atoms with Crippen LogP contribution in [0.1, 0.15) is 39.7 Å². The van der Waals surface area contributed by atoms with Crippen LogP contribution in [0.4, 0.5) is 10.5 Å². The molecular weight excluding hydrogens is 280 g/mol. The molecule has 0 aliphatic rings. The predicted molar refractivity (Wildman–Crippen MR) is 89.5 cm³/mol. The third-order valence-corrected chi connectivity index (χ3v) is 3.16. The second kappa shape index (κ2) is 8.03. The zero-order valence-corrected chi connectivity index (χ0v) is 14.3. The molecule has 0 atom stereocenters. The first kappa shape index (κ1) is 18.3. The molecule has 0 bridgehead atoms. The summed E-state index contributed by atoms with van der Waals surface area (Å²) >= 11 is 0. The van der Waals surface area contributed by atoms with Gasteiger partial charge in [-0.25, -0.2) is 4.79 Å². The number of aliphatic hydroxyl groups is 1. The van der Waals surface area contributed by atoms with Crippen LogP contribution in [-0.4, -0.2) is 41.3 Å². The van der Waals surface area contributed by atoms with E-state index in [9.17, 15) is 9.90 Å². The minimum atomic E-state index is -0.916. The van der Waals surface area contributed by atoms with Gasteiger partial charge in [-0.15, -0.1) is 0 Å². The van der Waals surface area contributed by atoms with Gasteiger partial charge in [-0.3, -0.25) is 0 Å². The number of urea groups is 1. The fourth-order valence-corrected chi connectivity index (χ4v) is 2.07. The Morgan fingerprint density at radius 1 is 1.36 bits per heavy atom. The van der Waals surface area contributed by atoms with Crippen LogP contribution in [0.2, 0.25) is 0 Å². The molecule has 0 saturated carbocycles. The molecule has 5 nitrogen and oxygen atoms in total. The molecule has 22 heavy (non-hydrogen) atoms. The van der Waals surface area contributed by atoms with Crippen LogP contribution in [0.15, 0.2) is 18.2 Å². The summed E-state index contributed by atoms with van der Waals surface area (Å²) < 4.78 is 5.57. The lowest BCUT2D eigenvalue weighted by atomic mass is 10.1. The Morgan fingerprint density at radius 3 is 2.55 bits per heavy atom. The topological polar surface area (TPSA) is 61.8 Å². The quantitative estimate of drug-likeness (QED) is 0.811. The van der Waals surface area contributed by atoms with Crippen molar-refractivity contribution < 1.29 is 14.6 Å². The molecule has 2 amide bonds. The molecule has 0 spiro atoms. The van der Waals surface area contributed by atoms with Gasteiger partial charge in [-0.2, -0.15) is 0 Å². The van der Waals surface area contributed by atoms with E-state index in [2.05, 4.69) is 12.2 Å². The molecule has 0 aliphatic heterocycles. The molecule has 0 saturated heterocycles. The van der Waals surface area contributed by atoms with Crippen molar-refractivity contribution in [3.05, 3.63) is 23.8 Å². The van der Waals surface area contributed by atoms with E-state index in [0.29, 0.717) is 13.2 Å². The summed E-state index contributed by atoms with van der Waals surface area (Å²) in [5.41, 5.74) is 0.782. The van der Waals surface area contributed by atoms with Crippen molar-refractivity contribution in [2.45, 2.75) is 46.6 Å². The molecule has 0 radical (unpaired) electrons. The van der Waals surface area contributed by atoms with Gasteiger partial charge in [0.15, 0.2) is 0 Å². The summed E-state index contributed by atoms with van der Waals surface area (Å²) in [6, 6.07) is 5.40. The van der Waals surface area contributed by atoms with Gasteiger partial charge in [-0.05, 0) is 57.9 Å². The second-order valence-corrected chi connectivity index (χ2v) is 6.08. The molecule has 0 aliphatic carbocycles. The fraction of sp³-hybridized carbons (Fsp3) is 0.588. The van der Waals surface area contributed by atoms with E-state index in [1.807, 2.05) is 32.0 Å². The van der Waals surface area contributed by atoms with E-state index in [1.54, 1.807) is 18.7 Å². The van der Waals surface area contributed by atoms with Crippen LogP contribution >= 0.6 is 0 Å². The normalized spacial score (nSPS) is 11.2. The number of anilines is 1. The molecule has 0 aromatic heterocycles. The third-order valence-electron chi connectivity index (χ3n) is 3.16. The number of aryl methyl sites for hydroxylation is 1. The molecule has 0 fully saturated rings. The number of carbonyl (C=O) groups is 1. The maximum Gasteiger partial charge on any atom is 0.321 e. The van der Waals surface area contributed by atoms with E-state index in [1.165, 1.54) is 0 Å². The van der Waals surface area contributed by atoms with Crippen LogP contribution in [0.5, 0.6) is 5.75 Å². The highest BCUT2D eigenvalue weighted by Gasteiger charge is 2.21. The zero-order valence-electron chi connectivity index (χ0n) is 14.3. The van der Waals surface area contributed by atoms with Crippen LogP contribution < -0.4 is 10.1 Å². The summed E-state index contributed by atoms with van der Waals surface area (Å²) in [6.07, 6.45) is 0.958. The molecule has 0 heterocycles. The summed E-state index contributed by atoms with van der Waals surface area (Å²) in [7, 11) is 0. The summed E-state index contributed by atoms with van der Waals surface area (Å²) in [5, 5.41) is 12.8. The maximum absolute atomic E-state index is 12.3. The van der Waals surface area contributed by atoms with Crippen molar-refractivity contribution in [3.8, 4) is 5.75 Å². The molecule has 1 aromatic rings. The van der Waals surface area contributed by atoms with Gasteiger partial charge >= 0.3 is 6.03 Å². The second-order valence-electron chi connectivity index (χ2n) is 6.08.